The zero-order valence-electron chi connectivity index (χ0n) is 48.1. The van der Waals surface area contributed by atoms with Crippen LogP contribution in [-0.4, -0.2) is 69.4 Å². The molecular formula is C63H113N2O7P. The number of hydrogen-bond donors (Lipinski definition) is 1. The topological polar surface area (TPSA) is 114 Å². The molecule has 0 radical (unpaired) electrons. The quantitative estimate of drug-likeness (QED) is 0.0161. The van der Waals surface area contributed by atoms with Crippen LogP contribution in [0.5, 0.6) is 0 Å². The van der Waals surface area contributed by atoms with Crippen molar-refractivity contribution in [2.75, 3.05) is 40.9 Å². The number of hydrogen-bond acceptors (Lipinski definition) is 7. The van der Waals surface area contributed by atoms with E-state index < -0.39 is 26.6 Å². The molecule has 0 spiro atoms. The van der Waals surface area contributed by atoms with Crippen LogP contribution in [0.2, 0.25) is 0 Å². The van der Waals surface area contributed by atoms with Gasteiger partial charge in [-0.15, -0.1) is 0 Å². The lowest BCUT2D eigenvalue weighted by Gasteiger charge is -2.30. The average molecular weight is 1040 g/mol. The van der Waals surface area contributed by atoms with Crippen LogP contribution in [0.3, 0.4) is 0 Å². The molecule has 0 aliphatic carbocycles. The number of nitrogens with one attached hydrogen (secondary N) is 1. The Morgan fingerprint density at radius 1 is 0.507 bits per heavy atom. The van der Waals surface area contributed by atoms with Gasteiger partial charge in [0.05, 0.1) is 33.8 Å². The van der Waals surface area contributed by atoms with Crippen LogP contribution in [0.25, 0.3) is 0 Å². The summed E-state index contributed by atoms with van der Waals surface area (Å²) in [7, 11) is 1.16. The molecular weight excluding hydrogens is 928 g/mol. The van der Waals surface area contributed by atoms with Gasteiger partial charge in [-0.05, 0) is 89.5 Å². The fraction of sp³-hybridized carbons (Fsp3) is 0.746. The summed E-state index contributed by atoms with van der Waals surface area (Å²) in [6.07, 6.45) is 68.3. The number of likely N-dealkylation sites (N-methyl/N-ethyl adjacent to an activating group) is 1. The first kappa shape index (κ1) is 70.2. The Morgan fingerprint density at radius 3 is 1.45 bits per heavy atom. The van der Waals surface area contributed by atoms with Crippen molar-refractivity contribution in [3.05, 3.63) is 85.1 Å². The van der Waals surface area contributed by atoms with Gasteiger partial charge in [0.1, 0.15) is 19.3 Å². The zero-order chi connectivity index (χ0) is 53.6. The van der Waals surface area contributed by atoms with Crippen molar-refractivity contribution >= 4 is 19.7 Å². The van der Waals surface area contributed by atoms with Crippen LogP contribution in [0.15, 0.2) is 85.1 Å². The van der Waals surface area contributed by atoms with Gasteiger partial charge in [-0.3, -0.25) is 14.2 Å². The van der Waals surface area contributed by atoms with E-state index in [4.69, 9.17) is 13.8 Å². The van der Waals surface area contributed by atoms with E-state index in [1.807, 2.05) is 33.3 Å². The molecule has 73 heavy (non-hydrogen) atoms. The molecule has 0 saturated carbocycles. The van der Waals surface area contributed by atoms with Gasteiger partial charge in [0.15, 0.2) is 0 Å². The number of carbonyl (C=O) groups is 2. The van der Waals surface area contributed by atoms with E-state index >= 15 is 0 Å². The van der Waals surface area contributed by atoms with Gasteiger partial charge in [0.2, 0.25) is 5.91 Å². The smallest absolute Gasteiger partial charge is 0.306 e. The Labute approximate surface area is 450 Å². The Balaban J connectivity index is 5.26. The molecule has 0 fully saturated rings. The first-order chi connectivity index (χ1) is 35.4. The third-order valence-electron chi connectivity index (χ3n) is 12.9. The molecule has 3 atom stereocenters. The van der Waals surface area contributed by atoms with E-state index in [9.17, 15) is 19.0 Å². The number of esters is 1. The molecule has 0 heterocycles. The van der Waals surface area contributed by atoms with Crippen molar-refractivity contribution in [2.45, 2.75) is 264 Å². The number of phosphoric ester groups is 1. The molecule has 422 valence electrons. The van der Waals surface area contributed by atoms with E-state index in [2.05, 4.69) is 99.0 Å². The molecule has 0 aliphatic heterocycles. The number of nitrogens with zero attached hydrogens (tertiary/aromatic N) is 1. The number of amides is 1. The Morgan fingerprint density at radius 2 is 0.932 bits per heavy atom. The van der Waals surface area contributed by atoms with Crippen molar-refractivity contribution in [1.82, 2.24) is 5.32 Å². The SMILES string of the molecule is CC/C=C/C=C/C=C/CCCCCCCCCC(=O)OC(/C=C\CCCCCCCCCCC)C(COP(=O)([O-])OCC[N+](C)(C)C)NC(=O)CCCCCCCCCC/C=C\C/C=C\C/C=C\CCCCC. The number of phosphoric acid groups is 1. The predicted molar refractivity (Wildman–Crippen MR) is 311 cm³/mol. The van der Waals surface area contributed by atoms with E-state index in [-0.39, 0.29) is 24.9 Å². The fourth-order valence-electron chi connectivity index (χ4n) is 8.23. The summed E-state index contributed by atoms with van der Waals surface area (Å²) in [5.74, 6) is -0.566. The number of allylic oxidation sites excluding steroid dienone is 13. The normalized spacial score (nSPS) is 14.3. The second kappa shape index (κ2) is 52.6. The Hall–Kier alpha value is -2.81. The lowest BCUT2D eigenvalue weighted by atomic mass is 10.0. The van der Waals surface area contributed by atoms with Gasteiger partial charge < -0.3 is 28.5 Å². The van der Waals surface area contributed by atoms with Gasteiger partial charge >= 0.3 is 5.97 Å². The molecule has 0 aromatic carbocycles. The second-order valence-corrected chi connectivity index (χ2v) is 22.6. The summed E-state index contributed by atoms with van der Waals surface area (Å²) in [6, 6.07) is -0.900. The van der Waals surface area contributed by atoms with Gasteiger partial charge in [0.25, 0.3) is 7.82 Å². The van der Waals surface area contributed by atoms with Crippen molar-refractivity contribution in [1.29, 1.82) is 0 Å². The highest BCUT2D eigenvalue weighted by molar-refractivity contribution is 7.45. The maximum absolute atomic E-state index is 13.5. The molecule has 3 unspecified atom stereocenters. The summed E-state index contributed by atoms with van der Waals surface area (Å²) in [6.45, 7) is 6.66. The molecule has 0 aromatic rings. The van der Waals surface area contributed by atoms with Crippen molar-refractivity contribution in [3.63, 3.8) is 0 Å². The van der Waals surface area contributed by atoms with Crippen molar-refractivity contribution in [3.8, 4) is 0 Å². The third-order valence-corrected chi connectivity index (χ3v) is 13.8. The predicted octanol–water partition coefficient (Wildman–Crippen LogP) is 17.6. The van der Waals surface area contributed by atoms with E-state index in [0.29, 0.717) is 23.9 Å². The molecule has 1 N–H and O–H groups in total. The van der Waals surface area contributed by atoms with Gasteiger partial charge in [-0.25, -0.2) is 0 Å². The van der Waals surface area contributed by atoms with Gasteiger partial charge in [-0.1, -0.05) is 235 Å². The summed E-state index contributed by atoms with van der Waals surface area (Å²) < 4.78 is 30.2. The van der Waals surface area contributed by atoms with Crippen molar-refractivity contribution < 1.29 is 37.3 Å². The van der Waals surface area contributed by atoms with Crippen LogP contribution in [0.1, 0.15) is 252 Å². The maximum Gasteiger partial charge on any atom is 0.306 e. The number of ether oxygens (including phenoxy) is 1. The number of quaternary nitrogens is 1. The second-order valence-electron chi connectivity index (χ2n) is 21.2. The molecule has 9 nitrogen and oxygen atoms in total. The molecule has 10 heteroatoms. The first-order valence-electron chi connectivity index (χ1n) is 29.9. The highest BCUT2D eigenvalue weighted by Gasteiger charge is 2.27. The molecule has 0 aromatic heterocycles. The first-order valence-corrected chi connectivity index (χ1v) is 31.4. The van der Waals surface area contributed by atoms with E-state index in [1.165, 1.54) is 116 Å². The molecule has 0 bridgehead atoms. The summed E-state index contributed by atoms with van der Waals surface area (Å²) in [5, 5.41) is 3.02. The lowest BCUT2D eigenvalue weighted by Crippen LogP contribution is -2.47. The van der Waals surface area contributed by atoms with Crippen LogP contribution in [-0.2, 0) is 27.9 Å². The number of unbranched alkanes of at least 4 members (excludes halogenated alkanes) is 27. The maximum atomic E-state index is 13.5. The number of carbonyl (C=O) groups excluding carboxylic acids is 2. The van der Waals surface area contributed by atoms with E-state index in [0.717, 1.165) is 96.3 Å². The molecule has 0 aliphatic rings. The molecule has 0 rings (SSSR count). The highest BCUT2D eigenvalue weighted by Crippen LogP contribution is 2.38. The standard InChI is InChI=1S/C63H113N2O7P/c1-7-10-13-16-19-22-25-27-29-30-31-32-33-34-36-37-40-43-46-49-52-55-62(66)64-60(59-71-73(68,69)70-58-57-65(4,5)6)61(54-51-48-45-42-39-24-21-18-15-12-9-3)72-63(67)56-53-50-47-44-41-38-35-28-26-23-20-17-14-11-8-2/h11,14,17,19-20,22-23,26-27,29,31-32,51,54,60-61H,7-10,12-13,15-16,18,21,24-25,28,30,33-50,52-53,55-59H2,1-6H3,(H-,64,66,68,69)/b14-11+,20-17+,22-19-,26-23+,29-27-,32-31-,54-51-. The summed E-state index contributed by atoms with van der Waals surface area (Å²) >= 11 is 0. The molecule has 0 saturated heterocycles. The van der Waals surface area contributed by atoms with Crippen LogP contribution >= 0.6 is 7.82 Å². The van der Waals surface area contributed by atoms with Crippen LogP contribution < -0.4 is 10.2 Å². The zero-order valence-corrected chi connectivity index (χ0v) is 49.0. The van der Waals surface area contributed by atoms with Gasteiger partial charge in [-0.2, -0.15) is 0 Å². The van der Waals surface area contributed by atoms with Crippen molar-refractivity contribution in [2.24, 2.45) is 0 Å². The lowest BCUT2D eigenvalue weighted by molar-refractivity contribution is -0.870. The highest BCUT2D eigenvalue weighted by atomic mass is 31.2. The van der Waals surface area contributed by atoms with Crippen LogP contribution in [0.4, 0.5) is 0 Å². The fourth-order valence-corrected chi connectivity index (χ4v) is 8.96. The van der Waals surface area contributed by atoms with Crippen LogP contribution in [0, 0.1) is 0 Å². The minimum absolute atomic E-state index is 0.0295. The Bertz CT molecular complexity index is 1530. The summed E-state index contributed by atoms with van der Waals surface area (Å²) in [4.78, 5) is 39.9. The summed E-state index contributed by atoms with van der Waals surface area (Å²) in [5.41, 5.74) is 0. The monoisotopic (exact) mass is 1040 g/mol. The third kappa shape index (κ3) is 53.8. The molecule has 1 amide bonds. The average Bonchev–Trinajstić information content (AvgIpc) is 3.35. The Kier molecular flexibility index (Phi) is 50.6. The van der Waals surface area contributed by atoms with E-state index in [1.54, 1.807) is 0 Å². The number of rotatable bonds is 53. The van der Waals surface area contributed by atoms with Gasteiger partial charge in [0, 0.05) is 12.8 Å². The minimum Gasteiger partial charge on any atom is -0.756 e. The minimum atomic E-state index is -4.70. The largest absolute Gasteiger partial charge is 0.756 e.